The van der Waals surface area contributed by atoms with Crippen LogP contribution in [0.1, 0.15) is 12.8 Å². The Morgan fingerprint density at radius 3 is 1.18 bits per heavy atom. The van der Waals surface area contributed by atoms with Gasteiger partial charge in [0, 0.05) is 0 Å². The molecule has 0 aliphatic heterocycles. The van der Waals surface area contributed by atoms with Gasteiger partial charge in [0.2, 0.25) is 0 Å². The molecule has 0 bridgehead atoms. The van der Waals surface area contributed by atoms with E-state index in [1.165, 1.54) is 0 Å². The Bertz CT molecular complexity index is 244. The van der Waals surface area contributed by atoms with Crippen LogP contribution in [-0.2, 0) is 14.4 Å². The van der Waals surface area contributed by atoms with Crippen molar-refractivity contribution in [1.29, 1.82) is 0 Å². The van der Waals surface area contributed by atoms with Crippen LogP contribution in [0.25, 0.3) is 0 Å². The van der Waals surface area contributed by atoms with Crippen molar-refractivity contribution in [2.45, 2.75) is 18.4 Å². The summed E-state index contributed by atoms with van der Waals surface area (Å²) >= 11 is 0. The van der Waals surface area contributed by atoms with Crippen molar-refractivity contribution >= 4 is 195 Å². The zero-order chi connectivity index (χ0) is 10.6. The van der Waals surface area contributed by atoms with Crippen molar-refractivity contribution in [3.8, 4) is 0 Å². The Morgan fingerprint density at radius 2 is 1.06 bits per heavy atom. The molecule has 0 amide bonds. The molecule has 84 valence electrons. The molecule has 0 heterocycles. The number of carboxylic acid groups (broad SMARTS) is 3. The maximum atomic E-state index is 10.3. The van der Waals surface area contributed by atoms with E-state index < -0.39 is 36.4 Å². The summed E-state index contributed by atoms with van der Waals surface area (Å²) < 4.78 is 0. The van der Waals surface area contributed by atoms with Crippen LogP contribution < -0.4 is 0 Å². The van der Waals surface area contributed by atoms with E-state index in [-0.39, 0.29) is 177 Å². The van der Waals surface area contributed by atoms with Crippen LogP contribution in [0.4, 0.5) is 0 Å². The van der Waals surface area contributed by atoms with E-state index in [9.17, 15) is 14.4 Å². The van der Waals surface area contributed by atoms with E-state index in [1.54, 1.807) is 0 Å². The van der Waals surface area contributed by atoms with Crippen molar-refractivity contribution in [3.63, 3.8) is 0 Å². The molecule has 0 rings (SSSR count). The second-order valence-corrected chi connectivity index (χ2v) is 2.48. The van der Waals surface area contributed by atoms with Crippen molar-refractivity contribution in [3.05, 3.63) is 0 Å². The summed E-state index contributed by atoms with van der Waals surface area (Å²) in [4.78, 5) is 30.5. The van der Waals surface area contributed by atoms with Gasteiger partial charge in [-0.15, -0.1) is 0 Å². The van der Waals surface area contributed by atoms with Crippen LogP contribution in [0.3, 0.4) is 0 Å². The van der Waals surface area contributed by atoms with E-state index in [1.807, 2.05) is 0 Å². The SMILES string of the molecule is O=C(O)CC(O)(CC(=O)O)C(=O)O.[KH].[KH].[KH].[MgH2]. The molecule has 0 atom stereocenters. The summed E-state index contributed by atoms with van der Waals surface area (Å²) in [6, 6.07) is 0. The van der Waals surface area contributed by atoms with Crippen molar-refractivity contribution in [1.82, 2.24) is 0 Å². The summed E-state index contributed by atoms with van der Waals surface area (Å²) in [5.74, 6) is -5.02. The predicted octanol–water partition coefficient (Wildman–Crippen LogP) is -4.11. The molecule has 0 fully saturated rings. The average molecular weight is 339 g/mol. The Hall–Kier alpha value is 4.05. The van der Waals surface area contributed by atoms with Crippen LogP contribution in [0.2, 0.25) is 0 Å². The van der Waals surface area contributed by atoms with Gasteiger partial charge in [-0.2, -0.15) is 0 Å². The van der Waals surface area contributed by atoms with Crippen molar-refractivity contribution in [2.75, 3.05) is 0 Å². The summed E-state index contributed by atoms with van der Waals surface area (Å²) in [6.07, 6.45) is -2.29. The van der Waals surface area contributed by atoms with Gasteiger partial charge in [-0.1, -0.05) is 0 Å². The molecule has 0 aromatic carbocycles. The Kier molecular flexibility index (Phi) is 31.7. The number of aliphatic hydroxyl groups is 1. The summed E-state index contributed by atoms with van der Waals surface area (Å²) in [6.45, 7) is 0. The molecule has 0 unspecified atom stereocenters. The molecule has 7 nitrogen and oxygen atoms in total. The second kappa shape index (κ2) is 16.4. The van der Waals surface area contributed by atoms with Crippen LogP contribution in [0, 0.1) is 0 Å². The number of hydrogen-bond acceptors (Lipinski definition) is 4. The van der Waals surface area contributed by atoms with Gasteiger partial charge in [-0.3, -0.25) is 9.59 Å². The third-order valence-electron chi connectivity index (χ3n) is 1.29. The minimum absolute atomic E-state index is 0. The van der Waals surface area contributed by atoms with E-state index in [0.717, 1.165) is 0 Å². The molecular formula is C6H13K3MgO7. The molecule has 0 aliphatic rings. The predicted molar refractivity (Wildman–Crippen MR) is 67.1 cm³/mol. The zero-order valence-electron chi connectivity index (χ0n) is 6.43. The molecule has 17 heavy (non-hydrogen) atoms. The van der Waals surface area contributed by atoms with E-state index in [2.05, 4.69) is 0 Å². The van der Waals surface area contributed by atoms with Crippen LogP contribution >= 0.6 is 0 Å². The first-order chi connectivity index (χ1) is 5.78. The topological polar surface area (TPSA) is 132 Å². The molecule has 0 aromatic heterocycles. The maximum absolute atomic E-state index is 10.3. The molecule has 0 aliphatic carbocycles. The third kappa shape index (κ3) is 16.2. The fraction of sp³-hybridized carbons (Fsp3) is 0.500. The minimum Gasteiger partial charge on any atom is 0.316 e. The van der Waals surface area contributed by atoms with E-state index >= 15 is 0 Å². The van der Waals surface area contributed by atoms with Crippen LogP contribution in [0.15, 0.2) is 0 Å². The normalized spacial score (nSPS) is 8.29. The summed E-state index contributed by atoms with van der Waals surface area (Å²) in [5, 5.41) is 33.8. The molecule has 0 radical (unpaired) electrons. The molecule has 0 saturated carbocycles. The van der Waals surface area contributed by atoms with Crippen LogP contribution in [0.5, 0.6) is 0 Å². The zero-order valence-corrected chi connectivity index (χ0v) is 6.43. The minimum atomic E-state index is -2.74. The molecule has 0 spiro atoms. The average Bonchev–Trinajstić information content (AvgIpc) is 1.82. The smallest absolute Gasteiger partial charge is 0.316 e. The fourth-order valence-electron chi connectivity index (χ4n) is 0.714. The first-order valence-electron chi connectivity index (χ1n) is 3.17. The summed E-state index contributed by atoms with van der Waals surface area (Å²) in [7, 11) is 0. The van der Waals surface area contributed by atoms with Gasteiger partial charge in [0.25, 0.3) is 0 Å². The number of hydrogen-bond donors (Lipinski definition) is 4. The van der Waals surface area contributed by atoms with Gasteiger partial charge >= 0.3 is 195 Å². The molecule has 0 aromatic rings. The standard InChI is InChI=1S/C6H8O7.3K.Mg.5H/c7-3(8)1-6(13,5(11)12)2-4(9)10;;;;;;;;;/h13H,1-2H2,(H,7,8)(H,9,10)(H,11,12);;;;;;;;;. The second-order valence-electron chi connectivity index (χ2n) is 2.48. The van der Waals surface area contributed by atoms with E-state index in [4.69, 9.17) is 20.4 Å². The monoisotopic (exact) mass is 338 g/mol. The van der Waals surface area contributed by atoms with Gasteiger partial charge in [-0.25, -0.2) is 4.79 Å². The Balaban J connectivity index is -0.000000120. The Morgan fingerprint density at radius 1 is 0.824 bits per heavy atom. The van der Waals surface area contributed by atoms with Crippen molar-refractivity contribution < 1.29 is 34.8 Å². The van der Waals surface area contributed by atoms with Gasteiger partial charge in [-0.05, 0) is 0 Å². The molecule has 11 heteroatoms. The third-order valence-corrected chi connectivity index (χ3v) is 1.29. The quantitative estimate of drug-likeness (QED) is 0.374. The summed E-state index contributed by atoms with van der Waals surface area (Å²) in [5.41, 5.74) is -2.74. The number of carbonyl (C=O) groups is 3. The number of aliphatic carboxylic acids is 3. The molecular weight excluding hydrogens is 326 g/mol. The molecule has 4 N–H and O–H groups in total. The van der Waals surface area contributed by atoms with Gasteiger partial charge < -0.3 is 20.4 Å². The van der Waals surface area contributed by atoms with E-state index in [0.29, 0.717) is 0 Å². The van der Waals surface area contributed by atoms with Crippen molar-refractivity contribution in [2.24, 2.45) is 0 Å². The maximum Gasteiger partial charge on any atom is 0.316 e. The number of carboxylic acids is 3. The first-order valence-corrected chi connectivity index (χ1v) is 3.17. The van der Waals surface area contributed by atoms with Gasteiger partial charge in [0.05, 0.1) is 12.8 Å². The van der Waals surface area contributed by atoms with Gasteiger partial charge in [0.15, 0.2) is 5.60 Å². The first kappa shape index (κ1) is 32.8. The fourth-order valence-corrected chi connectivity index (χ4v) is 0.714. The number of rotatable bonds is 5. The van der Waals surface area contributed by atoms with Gasteiger partial charge in [0.1, 0.15) is 0 Å². The van der Waals surface area contributed by atoms with Crippen LogP contribution in [-0.4, -0.2) is 221 Å². The largest absolute Gasteiger partial charge is 0.316 e. The Labute approximate surface area is 241 Å². The molecule has 0 saturated heterocycles.